The highest BCUT2D eigenvalue weighted by atomic mass is 16.5. The van der Waals surface area contributed by atoms with E-state index in [-0.39, 0.29) is 5.91 Å². The van der Waals surface area contributed by atoms with Crippen LogP contribution < -0.4 is 10.1 Å². The highest BCUT2D eigenvalue weighted by molar-refractivity contribution is 6.04. The van der Waals surface area contributed by atoms with Gasteiger partial charge in [-0.3, -0.25) is 4.79 Å². The number of carbonyl (C=O) groups is 1. The molecule has 1 N–H and O–H groups in total. The Bertz CT molecular complexity index is 878. The Morgan fingerprint density at radius 2 is 1.81 bits per heavy atom. The molecule has 0 bridgehead atoms. The van der Waals surface area contributed by atoms with E-state index in [4.69, 9.17) is 9.72 Å². The van der Waals surface area contributed by atoms with Crippen LogP contribution in [0.15, 0.2) is 60.8 Å². The van der Waals surface area contributed by atoms with Crippen LogP contribution in [-0.2, 0) is 6.42 Å². The largest absolute Gasteiger partial charge is 0.497 e. The third-order valence-electron chi connectivity index (χ3n) is 3.99. The molecule has 0 radical (unpaired) electrons. The summed E-state index contributed by atoms with van der Waals surface area (Å²) in [5.74, 6) is 1.12. The number of carbonyl (C=O) groups excluding carboxylic acids is 1. The maximum absolute atomic E-state index is 12.4. The molecule has 26 heavy (non-hydrogen) atoms. The number of methoxy groups -OCH3 is 1. The van der Waals surface area contributed by atoms with Crippen molar-refractivity contribution in [1.29, 1.82) is 0 Å². The second-order valence-electron chi connectivity index (χ2n) is 5.85. The predicted molar refractivity (Wildman–Crippen MR) is 102 cm³/mol. The zero-order valence-corrected chi connectivity index (χ0v) is 14.9. The summed E-state index contributed by atoms with van der Waals surface area (Å²) >= 11 is 0. The fourth-order valence-corrected chi connectivity index (χ4v) is 2.61. The number of rotatable bonds is 6. The van der Waals surface area contributed by atoms with Crippen molar-refractivity contribution in [3.63, 3.8) is 0 Å². The normalized spacial score (nSPS) is 10.4. The van der Waals surface area contributed by atoms with Crippen LogP contribution in [0.5, 0.6) is 5.75 Å². The SMILES string of the molecule is CCCc1nc(-c2ccc(OC)cc2)cnc1NC(=O)c1ccccc1. The zero-order valence-electron chi connectivity index (χ0n) is 14.9. The molecule has 0 saturated heterocycles. The molecule has 1 aromatic heterocycles. The average molecular weight is 347 g/mol. The first kappa shape index (κ1) is 17.6. The first-order chi connectivity index (χ1) is 12.7. The van der Waals surface area contributed by atoms with Gasteiger partial charge in [0.15, 0.2) is 5.82 Å². The van der Waals surface area contributed by atoms with Gasteiger partial charge in [0.2, 0.25) is 0 Å². The van der Waals surface area contributed by atoms with Crippen LogP contribution in [-0.4, -0.2) is 23.0 Å². The van der Waals surface area contributed by atoms with Crippen molar-refractivity contribution < 1.29 is 9.53 Å². The lowest BCUT2D eigenvalue weighted by Gasteiger charge is -2.11. The molecule has 1 heterocycles. The minimum atomic E-state index is -0.186. The molecule has 1 amide bonds. The third kappa shape index (κ3) is 4.06. The Morgan fingerprint density at radius 1 is 1.08 bits per heavy atom. The lowest BCUT2D eigenvalue weighted by atomic mass is 10.1. The van der Waals surface area contributed by atoms with Crippen molar-refractivity contribution in [2.75, 3.05) is 12.4 Å². The standard InChI is InChI=1S/C21H21N3O2/c1-3-7-18-20(24-21(25)16-8-5-4-6-9-16)22-14-19(23-18)15-10-12-17(26-2)13-11-15/h4-6,8-14H,3,7H2,1-2H3,(H,22,24,25). The fourth-order valence-electron chi connectivity index (χ4n) is 2.61. The molecule has 5 nitrogen and oxygen atoms in total. The molecule has 0 fully saturated rings. The quantitative estimate of drug-likeness (QED) is 0.720. The van der Waals surface area contributed by atoms with E-state index in [2.05, 4.69) is 17.2 Å². The smallest absolute Gasteiger partial charge is 0.256 e. The number of amides is 1. The molecule has 0 unspecified atom stereocenters. The Kier molecular flexibility index (Phi) is 5.59. The van der Waals surface area contributed by atoms with Crippen molar-refractivity contribution in [2.24, 2.45) is 0 Å². The average Bonchev–Trinajstić information content (AvgIpc) is 2.70. The number of aryl methyl sites for hydroxylation is 1. The molecular weight excluding hydrogens is 326 g/mol. The van der Waals surface area contributed by atoms with E-state index in [1.54, 1.807) is 25.4 Å². The lowest BCUT2D eigenvalue weighted by molar-refractivity contribution is 0.102. The van der Waals surface area contributed by atoms with E-state index in [0.717, 1.165) is 35.5 Å². The molecule has 0 aliphatic rings. The van der Waals surface area contributed by atoms with Crippen molar-refractivity contribution in [3.05, 3.63) is 72.1 Å². The number of hydrogen-bond donors (Lipinski definition) is 1. The number of nitrogens with one attached hydrogen (secondary N) is 1. The van der Waals surface area contributed by atoms with Crippen LogP contribution in [0.4, 0.5) is 5.82 Å². The molecule has 3 aromatic rings. The lowest BCUT2D eigenvalue weighted by Crippen LogP contribution is -2.15. The molecular formula is C21H21N3O2. The van der Waals surface area contributed by atoms with Gasteiger partial charge in [0.05, 0.1) is 24.7 Å². The Balaban J connectivity index is 1.87. The summed E-state index contributed by atoms with van der Waals surface area (Å²) in [4.78, 5) is 21.6. The predicted octanol–water partition coefficient (Wildman–Crippen LogP) is 4.36. The molecule has 0 atom stereocenters. The first-order valence-electron chi connectivity index (χ1n) is 8.58. The van der Waals surface area contributed by atoms with Gasteiger partial charge >= 0.3 is 0 Å². The van der Waals surface area contributed by atoms with Crippen LogP contribution in [0.2, 0.25) is 0 Å². The highest BCUT2D eigenvalue weighted by Gasteiger charge is 2.13. The minimum Gasteiger partial charge on any atom is -0.497 e. The fraction of sp³-hybridized carbons (Fsp3) is 0.190. The van der Waals surface area contributed by atoms with Gasteiger partial charge in [-0.05, 0) is 42.8 Å². The number of anilines is 1. The van der Waals surface area contributed by atoms with Crippen molar-refractivity contribution >= 4 is 11.7 Å². The summed E-state index contributed by atoms with van der Waals surface area (Å²) < 4.78 is 5.19. The van der Waals surface area contributed by atoms with Gasteiger partial charge in [0.1, 0.15) is 5.75 Å². The number of nitrogens with zero attached hydrogens (tertiary/aromatic N) is 2. The number of benzene rings is 2. The third-order valence-corrected chi connectivity index (χ3v) is 3.99. The number of hydrogen-bond acceptors (Lipinski definition) is 4. The summed E-state index contributed by atoms with van der Waals surface area (Å²) in [7, 11) is 1.64. The van der Waals surface area contributed by atoms with Crippen LogP contribution in [0.1, 0.15) is 29.4 Å². The van der Waals surface area contributed by atoms with Gasteiger partial charge in [-0.15, -0.1) is 0 Å². The molecule has 0 spiro atoms. The zero-order chi connectivity index (χ0) is 18.4. The summed E-state index contributed by atoms with van der Waals surface area (Å²) in [6.45, 7) is 2.07. The highest BCUT2D eigenvalue weighted by Crippen LogP contribution is 2.23. The second kappa shape index (κ2) is 8.25. The van der Waals surface area contributed by atoms with Crippen LogP contribution in [0, 0.1) is 0 Å². The van der Waals surface area contributed by atoms with E-state index in [1.807, 2.05) is 42.5 Å². The van der Waals surface area contributed by atoms with Crippen LogP contribution in [0.3, 0.4) is 0 Å². The van der Waals surface area contributed by atoms with E-state index < -0.39 is 0 Å². The molecule has 0 saturated carbocycles. The van der Waals surface area contributed by atoms with Gasteiger partial charge in [0.25, 0.3) is 5.91 Å². The van der Waals surface area contributed by atoms with Gasteiger partial charge in [-0.25, -0.2) is 9.97 Å². The maximum Gasteiger partial charge on any atom is 0.256 e. The molecule has 0 aliphatic carbocycles. The molecule has 0 aliphatic heterocycles. The van der Waals surface area contributed by atoms with Crippen molar-refractivity contribution in [2.45, 2.75) is 19.8 Å². The van der Waals surface area contributed by atoms with E-state index >= 15 is 0 Å². The molecule has 132 valence electrons. The summed E-state index contributed by atoms with van der Waals surface area (Å²) in [6, 6.07) is 16.8. The van der Waals surface area contributed by atoms with Gasteiger partial charge in [0, 0.05) is 11.1 Å². The Hall–Kier alpha value is -3.21. The van der Waals surface area contributed by atoms with Crippen LogP contribution in [0.25, 0.3) is 11.3 Å². The Labute approximate surface area is 153 Å². The van der Waals surface area contributed by atoms with Gasteiger partial charge < -0.3 is 10.1 Å². The van der Waals surface area contributed by atoms with E-state index in [0.29, 0.717) is 11.4 Å². The molecule has 3 rings (SSSR count). The second-order valence-corrected chi connectivity index (χ2v) is 5.85. The first-order valence-corrected chi connectivity index (χ1v) is 8.58. The van der Waals surface area contributed by atoms with E-state index in [1.165, 1.54) is 0 Å². The summed E-state index contributed by atoms with van der Waals surface area (Å²) in [6.07, 6.45) is 3.33. The van der Waals surface area contributed by atoms with Crippen molar-refractivity contribution in [3.8, 4) is 17.0 Å². The number of ether oxygens (including phenoxy) is 1. The van der Waals surface area contributed by atoms with Crippen LogP contribution >= 0.6 is 0 Å². The van der Waals surface area contributed by atoms with Gasteiger partial charge in [-0.1, -0.05) is 31.5 Å². The monoisotopic (exact) mass is 347 g/mol. The minimum absolute atomic E-state index is 0.186. The van der Waals surface area contributed by atoms with E-state index in [9.17, 15) is 4.79 Å². The number of aromatic nitrogens is 2. The Morgan fingerprint density at radius 3 is 2.46 bits per heavy atom. The summed E-state index contributed by atoms with van der Waals surface area (Å²) in [5.41, 5.74) is 3.10. The molecule has 2 aromatic carbocycles. The van der Waals surface area contributed by atoms with Gasteiger partial charge in [-0.2, -0.15) is 0 Å². The maximum atomic E-state index is 12.4. The summed E-state index contributed by atoms with van der Waals surface area (Å²) in [5, 5.41) is 2.88. The van der Waals surface area contributed by atoms with Crippen molar-refractivity contribution in [1.82, 2.24) is 9.97 Å². The topological polar surface area (TPSA) is 64.1 Å². The molecule has 5 heteroatoms.